The van der Waals surface area contributed by atoms with E-state index in [2.05, 4.69) is 267 Å². The van der Waals surface area contributed by atoms with Crippen LogP contribution in [0, 0.1) is 0 Å². The van der Waals surface area contributed by atoms with E-state index in [0.717, 1.165) is 0 Å². The average molecular weight is 910 g/mol. The lowest BCUT2D eigenvalue weighted by Gasteiger charge is -2.42. The van der Waals surface area contributed by atoms with Crippen molar-refractivity contribution >= 4 is 67.5 Å². The highest BCUT2D eigenvalue weighted by Gasteiger charge is 2.46. The van der Waals surface area contributed by atoms with Gasteiger partial charge < -0.3 is 13.9 Å². The molecule has 0 unspecified atom stereocenters. The quantitative estimate of drug-likeness (QED) is 0.160. The Hall–Kier alpha value is -7.04. The Balaban J connectivity index is 1.28. The molecule has 0 bridgehead atoms. The molecule has 0 amide bonds. The zero-order valence-electron chi connectivity index (χ0n) is 43.1. The first-order valence-corrected chi connectivity index (χ1v) is 25.4. The monoisotopic (exact) mass is 910 g/mol. The van der Waals surface area contributed by atoms with Gasteiger partial charge in [0.05, 0.1) is 16.7 Å². The van der Waals surface area contributed by atoms with Gasteiger partial charge >= 0.3 is 6.85 Å². The first-order valence-electron chi connectivity index (χ1n) is 25.4. The molecule has 12 rings (SSSR count). The summed E-state index contributed by atoms with van der Waals surface area (Å²) >= 11 is 0. The van der Waals surface area contributed by atoms with Crippen molar-refractivity contribution in [1.82, 2.24) is 9.05 Å². The van der Waals surface area contributed by atoms with E-state index in [-0.39, 0.29) is 28.5 Å². The van der Waals surface area contributed by atoms with E-state index in [9.17, 15) is 0 Å². The minimum atomic E-state index is -0.128. The van der Waals surface area contributed by atoms with Crippen LogP contribution in [0.15, 0.2) is 170 Å². The van der Waals surface area contributed by atoms with Gasteiger partial charge in [-0.2, -0.15) is 0 Å². The predicted molar refractivity (Wildman–Crippen MR) is 302 cm³/mol. The third-order valence-corrected chi connectivity index (χ3v) is 15.5. The summed E-state index contributed by atoms with van der Waals surface area (Å²) in [7, 11) is 0. The maximum absolute atomic E-state index is 2.79. The normalized spacial score (nSPS) is 13.7. The van der Waals surface area contributed by atoms with Crippen molar-refractivity contribution in [3.63, 3.8) is 0 Å². The number of anilines is 3. The fourth-order valence-corrected chi connectivity index (χ4v) is 11.7. The Labute approximate surface area is 415 Å². The molecular formula is C66H64BN3. The van der Waals surface area contributed by atoms with Gasteiger partial charge in [-0.25, -0.2) is 0 Å². The summed E-state index contributed by atoms with van der Waals surface area (Å²) in [6.07, 6.45) is 0. The molecule has 0 fully saturated rings. The summed E-state index contributed by atoms with van der Waals surface area (Å²) in [5.74, 6) is 0. The summed E-state index contributed by atoms with van der Waals surface area (Å²) < 4.78 is 5.31. The SMILES string of the molecule is CC(C)(C)c1ccc(N2c3ccc(C(C)(C)C)cc3B3c4c(cc(C(C)(C)C)cc42)-c2cc(C(C)(C)C)cc4c(-c5ccccc5-n5c6ccccc6c6ccccc65)c(-c5ccccc5)n3c24)cc1. The molecule has 0 aliphatic carbocycles. The van der Waals surface area contributed by atoms with Crippen LogP contribution in [-0.4, -0.2) is 15.9 Å². The van der Waals surface area contributed by atoms with Crippen molar-refractivity contribution in [3.05, 3.63) is 192 Å². The second-order valence-corrected chi connectivity index (χ2v) is 24.3. The van der Waals surface area contributed by atoms with Crippen molar-refractivity contribution in [1.29, 1.82) is 0 Å². The van der Waals surface area contributed by atoms with E-state index in [4.69, 9.17) is 0 Å². The van der Waals surface area contributed by atoms with E-state index in [1.807, 2.05) is 0 Å². The maximum Gasteiger partial charge on any atom is 0.333 e. The van der Waals surface area contributed by atoms with Crippen LogP contribution in [0.25, 0.3) is 71.9 Å². The molecule has 3 nitrogen and oxygen atoms in total. The molecule has 2 aliphatic heterocycles. The van der Waals surface area contributed by atoms with Gasteiger partial charge in [0.2, 0.25) is 0 Å². The summed E-state index contributed by atoms with van der Waals surface area (Å²) in [4.78, 5) is 2.60. The van der Waals surface area contributed by atoms with Gasteiger partial charge in [-0.3, -0.25) is 0 Å². The van der Waals surface area contributed by atoms with Crippen molar-refractivity contribution in [2.45, 2.75) is 105 Å². The molecule has 0 spiro atoms. The number of nitrogens with zero attached hydrogens (tertiary/aromatic N) is 3. The van der Waals surface area contributed by atoms with Crippen molar-refractivity contribution in [3.8, 4) is 39.2 Å². The van der Waals surface area contributed by atoms with Crippen molar-refractivity contribution < 1.29 is 0 Å². The summed E-state index contributed by atoms with van der Waals surface area (Å²) in [6.45, 7) is 28.1. The van der Waals surface area contributed by atoms with Crippen LogP contribution in [0.5, 0.6) is 0 Å². The number of hydrogen-bond acceptors (Lipinski definition) is 1. The Morgan fingerprint density at radius 1 is 0.386 bits per heavy atom. The molecule has 70 heavy (non-hydrogen) atoms. The molecule has 0 N–H and O–H groups in total. The van der Waals surface area contributed by atoms with Gasteiger partial charge in [0, 0.05) is 61.1 Å². The number of hydrogen-bond donors (Lipinski definition) is 0. The second-order valence-electron chi connectivity index (χ2n) is 24.3. The molecule has 346 valence electrons. The first kappa shape index (κ1) is 44.2. The number of benzene rings is 8. The van der Waals surface area contributed by atoms with Gasteiger partial charge in [-0.15, -0.1) is 0 Å². The standard InChI is InChI=1S/C66H64BN3/c1-63(2,3)42-30-33-46(34-31-42)68-57-35-32-43(64(4,5)6)39-53(57)67-60-50(36-45(40-58(60)68)66(10,11)12)51-37-44(65(7,8)9)38-52-59(61(70(67)62(51)52)41-22-14-13-15-23-41)49-26-18-21-29-56(49)69-54-27-19-16-24-47(54)48-25-17-20-28-55(48)69/h13-40H,1-12H3. The van der Waals surface area contributed by atoms with E-state index in [1.165, 1.54) is 122 Å². The molecule has 2 aliphatic rings. The van der Waals surface area contributed by atoms with Gasteiger partial charge in [0.25, 0.3) is 0 Å². The predicted octanol–water partition coefficient (Wildman–Crippen LogP) is 16.7. The minimum Gasteiger partial charge on any atom is -0.375 e. The lowest BCUT2D eigenvalue weighted by atomic mass is 9.44. The molecule has 10 aromatic rings. The number of rotatable bonds is 4. The Kier molecular flexibility index (Phi) is 9.62. The fourth-order valence-electron chi connectivity index (χ4n) is 11.7. The van der Waals surface area contributed by atoms with Gasteiger partial charge in [-0.1, -0.05) is 198 Å². The lowest BCUT2D eigenvalue weighted by molar-refractivity contribution is 0.589. The van der Waals surface area contributed by atoms with Crippen LogP contribution in [0.1, 0.15) is 105 Å². The van der Waals surface area contributed by atoms with E-state index >= 15 is 0 Å². The van der Waals surface area contributed by atoms with Crippen LogP contribution in [0.4, 0.5) is 17.1 Å². The topological polar surface area (TPSA) is 13.1 Å². The smallest absolute Gasteiger partial charge is 0.333 e. The van der Waals surface area contributed by atoms with Crippen molar-refractivity contribution in [2.75, 3.05) is 4.90 Å². The molecule has 0 saturated carbocycles. The summed E-state index contributed by atoms with van der Waals surface area (Å²) in [5.41, 5.74) is 23.9. The fraction of sp³-hybridized carbons (Fsp3) is 0.242. The van der Waals surface area contributed by atoms with E-state index in [1.54, 1.807) is 0 Å². The minimum absolute atomic E-state index is 0.0380. The molecule has 4 heterocycles. The van der Waals surface area contributed by atoms with Crippen LogP contribution in [0.3, 0.4) is 0 Å². The zero-order chi connectivity index (χ0) is 48.8. The highest BCUT2D eigenvalue weighted by atomic mass is 15.2. The number of aromatic nitrogens is 2. The average Bonchev–Trinajstić information content (AvgIpc) is 3.85. The van der Waals surface area contributed by atoms with Gasteiger partial charge in [0.15, 0.2) is 0 Å². The zero-order valence-corrected chi connectivity index (χ0v) is 43.1. The van der Waals surface area contributed by atoms with Crippen molar-refractivity contribution in [2.24, 2.45) is 0 Å². The maximum atomic E-state index is 2.79. The Bertz CT molecular complexity index is 3690. The Morgan fingerprint density at radius 3 is 1.56 bits per heavy atom. The Morgan fingerprint density at radius 2 is 0.929 bits per heavy atom. The lowest BCUT2D eigenvalue weighted by Crippen LogP contribution is -2.57. The third kappa shape index (κ3) is 6.69. The molecule has 4 heteroatoms. The van der Waals surface area contributed by atoms with Gasteiger partial charge in [-0.05, 0) is 121 Å². The molecule has 0 radical (unpaired) electrons. The summed E-state index contributed by atoms with van der Waals surface area (Å²) in [6, 6.07) is 65.3. The third-order valence-electron chi connectivity index (χ3n) is 15.5. The van der Waals surface area contributed by atoms with Crippen LogP contribution >= 0.6 is 0 Å². The molecule has 0 saturated heterocycles. The number of fused-ring (bicyclic) bond motifs is 7. The highest BCUT2D eigenvalue weighted by molar-refractivity contribution is 6.90. The molecule has 0 atom stereocenters. The molecule has 2 aromatic heterocycles. The first-order chi connectivity index (χ1) is 33.3. The number of para-hydroxylation sites is 3. The van der Waals surface area contributed by atoms with Crippen LogP contribution < -0.4 is 15.8 Å². The summed E-state index contributed by atoms with van der Waals surface area (Å²) in [5, 5.41) is 3.81. The van der Waals surface area contributed by atoms with Crippen LogP contribution in [-0.2, 0) is 21.7 Å². The highest BCUT2D eigenvalue weighted by Crippen LogP contribution is 2.53. The van der Waals surface area contributed by atoms with Crippen LogP contribution in [0.2, 0.25) is 0 Å². The van der Waals surface area contributed by atoms with E-state index in [0.29, 0.717) is 0 Å². The largest absolute Gasteiger partial charge is 0.375 e. The van der Waals surface area contributed by atoms with E-state index < -0.39 is 0 Å². The van der Waals surface area contributed by atoms with Gasteiger partial charge in [0.1, 0.15) is 0 Å². The second kappa shape index (κ2) is 15.2. The molecule has 8 aromatic carbocycles. The molecular weight excluding hydrogens is 846 g/mol.